The third-order valence-corrected chi connectivity index (χ3v) is 7.55. The molecule has 0 aromatic heterocycles. The second-order valence-electron chi connectivity index (χ2n) is 11.4. The zero-order valence-corrected chi connectivity index (χ0v) is 21.3. The molecular formula is C28H33ClN2O3. The number of carbonyl (C=O) groups excluding carboxylic acids is 1. The molecule has 1 aliphatic carbocycles. The highest BCUT2D eigenvalue weighted by Crippen LogP contribution is 2.55. The first-order valence-corrected chi connectivity index (χ1v) is 12.2. The summed E-state index contributed by atoms with van der Waals surface area (Å²) in [5, 5.41) is 13.2. The third-order valence-electron chi connectivity index (χ3n) is 7.19. The molecule has 2 aromatic rings. The normalized spacial score (nSPS) is 21.6. The van der Waals surface area contributed by atoms with Crippen molar-refractivity contribution >= 4 is 29.3 Å². The number of nitrogens with one attached hydrogen (secondary N) is 1. The fraction of sp³-hybridized carbons (Fsp3) is 0.429. The van der Waals surface area contributed by atoms with Crippen LogP contribution in [0.15, 0.2) is 54.2 Å². The van der Waals surface area contributed by atoms with Crippen LogP contribution >= 0.6 is 11.6 Å². The number of halogens is 1. The lowest BCUT2D eigenvalue weighted by atomic mass is 9.76. The first-order valence-electron chi connectivity index (χ1n) is 11.8. The van der Waals surface area contributed by atoms with Crippen LogP contribution in [0, 0.1) is 10.8 Å². The summed E-state index contributed by atoms with van der Waals surface area (Å²) in [5.74, 6) is -0.994. The van der Waals surface area contributed by atoms with Gasteiger partial charge in [0.2, 0.25) is 0 Å². The molecule has 2 N–H and O–H groups in total. The molecule has 34 heavy (non-hydrogen) atoms. The summed E-state index contributed by atoms with van der Waals surface area (Å²) in [6.07, 6.45) is 5.61. The van der Waals surface area contributed by atoms with Gasteiger partial charge in [0, 0.05) is 11.2 Å². The Morgan fingerprint density at radius 2 is 1.79 bits per heavy atom. The Morgan fingerprint density at radius 3 is 2.38 bits per heavy atom. The maximum atomic E-state index is 13.3. The fourth-order valence-electron chi connectivity index (χ4n) is 5.05. The highest BCUT2D eigenvalue weighted by Gasteiger charge is 2.53. The molecule has 1 saturated carbocycles. The van der Waals surface area contributed by atoms with Crippen molar-refractivity contribution in [1.29, 1.82) is 0 Å². The average molecular weight is 481 g/mol. The maximum Gasteiger partial charge on any atom is 0.335 e. The van der Waals surface area contributed by atoms with E-state index in [9.17, 15) is 14.7 Å². The highest BCUT2D eigenvalue weighted by atomic mass is 35.5. The summed E-state index contributed by atoms with van der Waals surface area (Å²) in [7, 11) is 0. The van der Waals surface area contributed by atoms with Gasteiger partial charge >= 0.3 is 12.0 Å². The van der Waals surface area contributed by atoms with Crippen LogP contribution in [0.2, 0.25) is 5.02 Å². The van der Waals surface area contributed by atoms with Gasteiger partial charge in [0.25, 0.3) is 0 Å². The number of anilines is 1. The lowest BCUT2D eigenvalue weighted by Gasteiger charge is -2.42. The molecule has 6 heteroatoms. The van der Waals surface area contributed by atoms with Crippen molar-refractivity contribution in [1.82, 2.24) is 5.32 Å². The molecule has 1 atom stereocenters. The topological polar surface area (TPSA) is 69.6 Å². The fourth-order valence-corrected chi connectivity index (χ4v) is 5.32. The van der Waals surface area contributed by atoms with Crippen LogP contribution in [0.3, 0.4) is 0 Å². The van der Waals surface area contributed by atoms with Gasteiger partial charge in [-0.25, -0.2) is 9.59 Å². The van der Waals surface area contributed by atoms with E-state index in [-0.39, 0.29) is 22.4 Å². The zero-order chi connectivity index (χ0) is 24.9. The van der Waals surface area contributed by atoms with E-state index in [0.29, 0.717) is 5.69 Å². The van der Waals surface area contributed by atoms with Gasteiger partial charge in [0.05, 0.1) is 16.8 Å². The number of urea groups is 1. The smallest absolute Gasteiger partial charge is 0.335 e. The molecule has 1 fully saturated rings. The van der Waals surface area contributed by atoms with Gasteiger partial charge in [0.1, 0.15) is 0 Å². The summed E-state index contributed by atoms with van der Waals surface area (Å²) >= 11 is 6.75. The molecule has 5 nitrogen and oxygen atoms in total. The monoisotopic (exact) mass is 480 g/mol. The quantitative estimate of drug-likeness (QED) is 0.477. The minimum Gasteiger partial charge on any atom is -0.478 e. The van der Waals surface area contributed by atoms with Crippen molar-refractivity contribution in [2.24, 2.45) is 10.8 Å². The van der Waals surface area contributed by atoms with Gasteiger partial charge in [-0.2, -0.15) is 0 Å². The van der Waals surface area contributed by atoms with Gasteiger partial charge < -0.3 is 10.4 Å². The minimum atomic E-state index is -0.994. The molecule has 0 unspecified atom stereocenters. The zero-order valence-electron chi connectivity index (χ0n) is 20.5. The van der Waals surface area contributed by atoms with Crippen molar-refractivity contribution in [3.05, 3.63) is 76.0 Å². The summed E-state index contributed by atoms with van der Waals surface area (Å²) in [5.41, 5.74) is 3.57. The Kier molecular flexibility index (Phi) is 6.05. The second-order valence-corrected chi connectivity index (χ2v) is 11.8. The summed E-state index contributed by atoms with van der Waals surface area (Å²) in [6.45, 7) is 11.1. The van der Waals surface area contributed by atoms with Crippen molar-refractivity contribution in [3.63, 3.8) is 0 Å². The number of aromatic carboxylic acids is 1. The summed E-state index contributed by atoms with van der Waals surface area (Å²) < 4.78 is 0. The molecule has 2 aromatic carbocycles. The Hall–Kier alpha value is -2.79. The summed E-state index contributed by atoms with van der Waals surface area (Å²) in [4.78, 5) is 26.1. The number of carboxylic acid groups (broad SMARTS) is 1. The number of aryl methyl sites for hydroxylation is 1. The SMILES string of the molecule is CC(C)(C)CCc1ccc([C@]23CCC(C)(C)C2=CN(c2ccc(C(=O)O)cc2)C(=O)N3)cc1Cl. The van der Waals surface area contributed by atoms with E-state index in [1.165, 1.54) is 12.1 Å². The number of nitrogens with zero attached hydrogens (tertiary/aromatic N) is 1. The molecule has 0 radical (unpaired) electrons. The van der Waals surface area contributed by atoms with Crippen molar-refractivity contribution in [2.75, 3.05) is 4.90 Å². The predicted octanol–water partition coefficient (Wildman–Crippen LogP) is 7.15. The Labute approximate surface area is 206 Å². The van der Waals surface area contributed by atoms with E-state index in [0.717, 1.165) is 47.4 Å². The van der Waals surface area contributed by atoms with Gasteiger partial charge in [-0.1, -0.05) is 58.4 Å². The van der Waals surface area contributed by atoms with E-state index >= 15 is 0 Å². The summed E-state index contributed by atoms with van der Waals surface area (Å²) in [6, 6.07) is 12.3. The number of amides is 2. The average Bonchev–Trinajstić information content (AvgIpc) is 3.02. The molecule has 2 aliphatic rings. The van der Waals surface area contributed by atoms with Gasteiger partial charge in [0.15, 0.2) is 0 Å². The van der Waals surface area contributed by atoms with E-state index < -0.39 is 11.5 Å². The number of hydrogen-bond donors (Lipinski definition) is 2. The van der Waals surface area contributed by atoms with E-state index in [4.69, 9.17) is 11.6 Å². The standard InChI is InChI=1S/C28H33ClN2O3/c1-26(2,3)13-12-18-6-9-20(16-22(18)29)28-15-14-27(4,5)23(28)17-31(25(34)30-28)21-10-7-19(8-11-21)24(32)33/h6-11,16-17H,12-15H2,1-5H3,(H,30,34)(H,32,33)/t28-/m1/s1. The van der Waals surface area contributed by atoms with Gasteiger partial charge in [-0.15, -0.1) is 0 Å². The van der Waals surface area contributed by atoms with Crippen LogP contribution in [0.25, 0.3) is 0 Å². The molecular weight excluding hydrogens is 448 g/mol. The molecule has 0 spiro atoms. The first kappa shape index (κ1) is 24.3. The third kappa shape index (κ3) is 4.46. The lowest BCUT2D eigenvalue weighted by molar-refractivity contribution is 0.0697. The molecule has 1 heterocycles. The largest absolute Gasteiger partial charge is 0.478 e. The van der Waals surface area contributed by atoms with Crippen LogP contribution in [0.4, 0.5) is 10.5 Å². The number of carbonyl (C=O) groups is 2. The molecule has 2 amide bonds. The van der Waals surface area contributed by atoms with Crippen molar-refractivity contribution < 1.29 is 14.7 Å². The number of fused-ring (bicyclic) bond motifs is 1. The van der Waals surface area contributed by atoms with Crippen LogP contribution in [-0.4, -0.2) is 17.1 Å². The Balaban J connectivity index is 1.72. The van der Waals surface area contributed by atoms with Crippen LogP contribution in [-0.2, 0) is 12.0 Å². The van der Waals surface area contributed by atoms with Crippen molar-refractivity contribution in [3.8, 4) is 0 Å². The van der Waals surface area contributed by atoms with Crippen LogP contribution in [0.5, 0.6) is 0 Å². The van der Waals surface area contributed by atoms with E-state index in [1.807, 2.05) is 12.3 Å². The van der Waals surface area contributed by atoms with Crippen molar-refractivity contribution in [2.45, 2.75) is 65.8 Å². The van der Waals surface area contributed by atoms with E-state index in [2.05, 4.69) is 52.1 Å². The molecule has 0 saturated heterocycles. The highest BCUT2D eigenvalue weighted by molar-refractivity contribution is 6.31. The van der Waals surface area contributed by atoms with Crippen LogP contribution < -0.4 is 10.2 Å². The minimum absolute atomic E-state index is 0.121. The van der Waals surface area contributed by atoms with E-state index in [1.54, 1.807) is 17.0 Å². The Bertz CT molecular complexity index is 1160. The maximum absolute atomic E-state index is 13.3. The second kappa shape index (κ2) is 8.46. The van der Waals surface area contributed by atoms with Gasteiger partial charge in [-0.3, -0.25) is 4.90 Å². The molecule has 1 aliphatic heterocycles. The molecule has 4 rings (SSSR count). The Morgan fingerprint density at radius 1 is 1.12 bits per heavy atom. The first-order chi connectivity index (χ1) is 15.8. The number of benzene rings is 2. The lowest BCUT2D eigenvalue weighted by Crippen LogP contribution is -2.54. The predicted molar refractivity (Wildman–Crippen MR) is 136 cm³/mol. The number of hydrogen-bond acceptors (Lipinski definition) is 2. The molecule has 0 bridgehead atoms. The van der Waals surface area contributed by atoms with Crippen LogP contribution in [0.1, 0.15) is 75.4 Å². The van der Waals surface area contributed by atoms with Gasteiger partial charge in [-0.05, 0) is 83.5 Å². The molecule has 180 valence electrons. The number of carboxylic acids is 1. The number of rotatable bonds is 5.